The number of hydrogen-bond acceptors (Lipinski definition) is 3. The highest BCUT2D eigenvalue weighted by atomic mass is 16.5. The predicted molar refractivity (Wildman–Crippen MR) is 99.1 cm³/mol. The molecule has 23 heavy (non-hydrogen) atoms. The van der Waals surface area contributed by atoms with E-state index in [0.29, 0.717) is 0 Å². The molecule has 0 aliphatic carbocycles. The third-order valence-electron chi connectivity index (χ3n) is 4.26. The molecule has 2 unspecified atom stereocenters. The zero-order valence-corrected chi connectivity index (χ0v) is 15.7. The van der Waals surface area contributed by atoms with Gasteiger partial charge in [0.15, 0.2) is 5.96 Å². The molecular formula is C18H38N4O. The van der Waals surface area contributed by atoms with Gasteiger partial charge in [0, 0.05) is 46.4 Å². The highest BCUT2D eigenvalue weighted by Gasteiger charge is 2.20. The highest BCUT2D eigenvalue weighted by molar-refractivity contribution is 5.79. The van der Waals surface area contributed by atoms with Gasteiger partial charge in [-0.1, -0.05) is 13.8 Å². The Labute approximate surface area is 143 Å². The number of nitrogens with zero attached hydrogens (tertiary/aromatic N) is 2. The Hall–Kier alpha value is -0.810. The standard InChI is InChI=1S/C18H38N4O/c1-5-19-18(21-10-8-12-23-4)20-9-6-7-11-22-14-16(2)13-17(3)15-22/h16-17H,5-15H2,1-4H3,(H2,19,20,21). The van der Waals surface area contributed by atoms with Crippen LogP contribution in [0.3, 0.4) is 0 Å². The summed E-state index contributed by atoms with van der Waals surface area (Å²) in [6, 6.07) is 0. The van der Waals surface area contributed by atoms with E-state index in [1.807, 2.05) is 0 Å². The molecule has 0 aromatic rings. The van der Waals surface area contributed by atoms with E-state index in [9.17, 15) is 0 Å². The van der Waals surface area contributed by atoms with Crippen LogP contribution in [-0.4, -0.2) is 63.8 Å². The lowest BCUT2D eigenvalue weighted by molar-refractivity contribution is 0.139. The fourth-order valence-electron chi connectivity index (χ4n) is 3.38. The van der Waals surface area contributed by atoms with Gasteiger partial charge >= 0.3 is 0 Å². The van der Waals surface area contributed by atoms with Gasteiger partial charge in [-0.05, 0) is 51.0 Å². The maximum atomic E-state index is 5.05. The minimum Gasteiger partial charge on any atom is -0.385 e. The summed E-state index contributed by atoms with van der Waals surface area (Å²) in [4.78, 5) is 7.20. The molecule has 1 aliphatic heterocycles. The van der Waals surface area contributed by atoms with Crippen LogP contribution in [-0.2, 0) is 4.74 Å². The first-order valence-electron chi connectivity index (χ1n) is 9.39. The summed E-state index contributed by atoms with van der Waals surface area (Å²) in [6.07, 6.45) is 4.82. The van der Waals surface area contributed by atoms with Gasteiger partial charge in [0.2, 0.25) is 0 Å². The van der Waals surface area contributed by atoms with E-state index < -0.39 is 0 Å². The number of hydrogen-bond donors (Lipinski definition) is 2. The third-order valence-corrected chi connectivity index (χ3v) is 4.26. The van der Waals surface area contributed by atoms with Gasteiger partial charge in [-0.3, -0.25) is 4.99 Å². The molecule has 0 aromatic carbocycles. The van der Waals surface area contributed by atoms with Crippen LogP contribution < -0.4 is 10.6 Å². The van der Waals surface area contributed by atoms with Crippen molar-refractivity contribution in [3.05, 3.63) is 0 Å². The fourth-order valence-corrected chi connectivity index (χ4v) is 3.38. The maximum Gasteiger partial charge on any atom is 0.191 e. The SMILES string of the molecule is CCNC(=NCCCOC)NCCCCN1CC(C)CC(C)C1. The second kappa shape index (κ2) is 12.6. The topological polar surface area (TPSA) is 48.9 Å². The number of ether oxygens (including phenoxy) is 1. The zero-order chi connectivity index (χ0) is 16.9. The number of likely N-dealkylation sites (tertiary alicyclic amines) is 1. The molecule has 1 fully saturated rings. The Morgan fingerprint density at radius 3 is 2.52 bits per heavy atom. The van der Waals surface area contributed by atoms with Crippen molar-refractivity contribution in [3.8, 4) is 0 Å². The van der Waals surface area contributed by atoms with Crippen LogP contribution in [0.25, 0.3) is 0 Å². The fraction of sp³-hybridized carbons (Fsp3) is 0.944. The van der Waals surface area contributed by atoms with Gasteiger partial charge in [-0.15, -0.1) is 0 Å². The number of aliphatic imine (C=N–C) groups is 1. The first-order chi connectivity index (χ1) is 11.2. The molecule has 1 aliphatic rings. The molecule has 0 radical (unpaired) electrons. The molecule has 0 spiro atoms. The van der Waals surface area contributed by atoms with E-state index in [1.54, 1.807) is 7.11 Å². The lowest BCUT2D eigenvalue weighted by atomic mass is 9.92. The number of nitrogens with one attached hydrogen (secondary N) is 2. The summed E-state index contributed by atoms with van der Waals surface area (Å²) in [6.45, 7) is 14.1. The average molecular weight is 327 g/mol. The number of piperidine rings is 1. The van der Waals surface area contributed by atoms with Gasteiger partial charge < -0.3 is 20.3 Å². The molecule has 5 nitrogen and oxygen atoms in total. The number of guanidine groups is 1. The van der Waals surface area contributed by atoms with E-state index in [0.717, 1.165) is 50.5 Å². The van der Waals surface area contributed by atoms with Crippen LogP contribution in [0.5, 0.6) is 0 Å². The number of unbranched alkanes of at least 4 members (excludes halogenated alkanes) is 1. The molecule has 136 valence electrons. The third kappa shape index (κ3) is 9.82. The molecule has 0 amide bonds. The van der Waals surface area contributed by atoms with Crippen molar-refractivity contribution in [2.75, 3.05) is 53.0 Å². The van der Waals surface area contributed by atoms with Crippen molar-refractivity contribution in [3.63, 3.8) is 0 Å². The second-order valence-corrected chi connectivity index (χ2v) is 6.95. The van der Waals surface area contributed by atoms with Crippen LogP contribution in [0.2, 0.25) is 0 Å². The van der Waals surface area contributed by atoms with Crippen LogP contribution in [0, 0.1) is 11.8 Å². The summed E-state index contributed by atoms with van der Waals surface area (Å²) in [5.74, 6) is 2.65. The van der Waals surface area contributed by atoms with E-state index in [4.69, 9.17) is 4.74 Å². The van der Waals surface area contributed by atoms with Crippen LogP contribution >= 0.6 is 0 Å². The Balaban J connectivity index is 2.13. The molecule has 0 aromatic heterocycles. The van der Waals surface area contributed by atoms with E-state index >= 15 is 0 Å². The van der Waals surface area contributed by atoms with Crippen LogP contribution in [0.15, 0.2) is 4.99 Å². The Morgan fingerprint density at radius 2 is 1.87 bits per heavy atom. The van der Waals surface area contributed by atoms with Crippen molar-refractivity contribution in [2.24, 2.45) is 16.8 Å². The lowest BCUT2D eigenvalue weighted by Crippen LogP contribution is -2.40. The van der Waals surface area contributed by atoms with Crippen LogP contribution in [0.4, 0.5) is 0 Å². The summed E-state index contributed by atoms with van der Waals surface area (Å²) >= 11 is 0. The molecule has 2 atom stereocenters. The smallest absolute Gasteiger partial charge is 0.191 e. The van der Waals surface area contributed by atoms with Crippen molar-refractivity contribution in [1.82, 2.24) is 15.5 Å². The monoisotopic (exact) mass is 326 g/mol. The highest BCUT2D eigenvalue weighted by Crippen LogP contribution is 2.20. The molecule has 1 saturated heterocycles. The van der Waals surface area contributed by atoms with Crippen LogP contribution in [0.1, 0.15) is 46.5 Å². The maximum absolute atomic E-state index is 5.05. The summed E-state index contributed by atoms with van der Waals surface area (Å²) in [5, 5.41) is 6.73. The predicted octanol–water partition coefficient (Wildman–Crippen LogP) is 2.34. The van der Waals surface area contributed by atoms with Gasteiger partial charge in [-0.2, -0.15) is 0 Å². The molecule has 0 saturated carbocycles. The zero-order valence-electron chi connectivity index (χ0n) is 15.7. The summed E-state index contributed by atoms with van der Waals surface area (Å²) < 4.78 is 5.05. The summed E-state index contributed by atoms with van der Waals surface area (Å²) in [5.41, 5.74) is 0. The van der Waals surface area contributed by atoms with Gasteiger partial charge in [0.05, 0.1) is 0 Å². The Morgan fingerprint density at radius 1 is 1.13 bits per heavy atom. The lowest BCUT2D eigenvalue weighted by Gasteiger charge is -2.34. The Kier molecular flexibility index (Phi) is 11.1. The van der Waals surface area contributed by atoms with Crippen molar-refractivity contribution in [2.45, 2.75) is 46.5 Å². The van der Waals surface area contributed by atoms with Gasteiger partial charge in [-0.25, -0.2) is 0 Å². The minimum atomic E-state index is 0.773. The van der Waals surface area contributed by atoms with Crippen molar-refractivity contribution >= 4 is 5.96 Å². The van der Waals surface area contributed by atoms with E-state index in [2.05, 4.69) is 41.3 Å². The minimum absolute atomic E-state index is 0.773. The van der Waals surface area contributed by atoms with E-state index in [1.165, 1.54) is 38.9 Å². The van der Waals surface area contributed by atoms with Gasteiger partial charge in [0.25, 0.3) is 0 Å². The first-order valence-corrected chi connectivity index (χ1v) is 9.39. The molecular weight excluding hydrogens is 288 g/mol. The molecule has 1 rings (SSSR count). The largest absolute Gasteiger partial charge is 0.385 e. The van der Waals surface area contributed by atoms with E-state index in [-0.39, 0.29) is 0 Å². The van der Waals surface area contributed by atoms with Gasteiger partial charge in [0.1, 0.15) is 0 Å². The number of methoxy groups -OCH3 is 1. The molecule has 2 N–H and O–H groups in total. The van der Waals surface area contributed by atoms with Crippen molar-refractivity contribution in [1.29, 1.82) is 0 Å². The normalized spacial score (nSPS) is 23.0. The first kappa shape index (κ1) is 20.2. The second-order valence-electron chi connectivity index (χ2n) is 6.95. The molecule has 1 heterocycles. The van der Waals surface area contributed by atoms with Crippen molar-refractivity contribution < 1.29 is 4.74 Å². The average Bonchev–Trinajstić information content (AvgIpc) is 2.50. The quantitative estimate of drug-likeness (QED) is 0.367. The Bertz CT molecular complexity index is 312. The summed E-state index contributed by atoms with van der Waals surface area (Å²) in [7, 11) is 1.73. The molecule has 0 bridgehead atoms. The number of rotatable bonds is 10. The molecule has 5 heteroatoms.